The number of aliphatic hydroxyl groups is 1. The van der Waals surface area contributed by atoms with Gasteiger partial charge < -0.3 is 19.8 Å². The monoisotopic (exact) mass is 842 g/mol. The number of likely N-dealkylation sites (N-methyl/N-ethyl adjacent to an activating group) is 1. The molecule has 1 amide bonds. The molecule has 0 aliphatic heterocycles. The van der Waals surface area contributed by atoms with Crippen molar-refractivity contribution in [1.29, 1.82) is 0 Å². The van der Waals surface area contributed by atoms with Crippen LogP contribution >= 0.6 is 7.82 Å². The zero-order chi connectivity index (χ0) is 42.8. The Morgan fingerprint density at radius 2 is 0.948 bits per heavy atom. The number of carbonyl (C=O) groups excluding carboxylic acids is 1. The van der Waals surface area contributed by atoms with Crippen molar-refractivity contribution in [2.45, 2.75) is 244 Å². The van der Waals surface area contributed by atoms with Gasteiger partial charge in [-0.25, -0.2) is 4.57 Å². The van der Waals surface area contributed by atoms with E-state index in [0.29, 0.717) is 17.4 Å². The number of quaternary nitrogens is 1. The van der Waals surface area contributed by atoms with Crippen molar-refractivity contribution < 1.29 is 32.9 Å². The molecule has 9 heteroatoms. The van der Waals surface area contributed by atoms with Gasteiger partial charge in [-0.1, -0.05) is 218 Å². The number of amides is 1. The molecular weight excluding hydrogens is 744 g/mol. The number of nitrogens with one attached hydrogen (secondary N) is 1. The molecule has 0 aromatic carbocycles. The Morgan fingerprint density at radius 3 is 1.38 bits per heavy atom. The SMILES string of the molecule is CCCCCCCCC/C=C/CC/C=C/C(O)C(COP(=O)(O)OCC[N+](C)(C)C)NC(=O)CCCCCCCCCCCCCCCCCCCCCCCCC. The van der Waals surface area contributed by atoms with Gasteiger partial charge in [-0.2, -0.15) is 0 Å². The summed E-state index contributed by atoms with van der Waals surface area (Å²) in [5.41, 5.74) is 0. The third kappa shape index (κ3) is 43.1. The number of aliphatic hydroxyl groups excluding tert-OH is 1. The molecule has 0 heterocycles. The van der Waals surface area contributed by atoms with Crippen LogP contribution in [-0.4, -0.2) is 73.4 Å². The van der Waals surface area contributed by atoms with E-state index in [1.807, 2.05) is 27.2 Å². The Balaban J connectivity index is 4.24. The van der Waals surface area contributed by atoms with E-state index < -0.39 is 20.0 Å². The molecule has 58 heavy (non-hydrogen) atoms. The van der Waals surface area contributed by atoms with Crippen LogP contribution in [0.5, 0.6) is 0 Å². The minimum atomic E-state index is -4.34. The Kier molecular flexibility index (Phi) is 40.6. The zero-order valence-corrected chi connectivity index (χ0v) is 39.9. The second-order valence-corrected chi connectivity index (χ2v) is 19.6. The fourth-order valence-electron chi connectivity index (χ4n) is 7.23. The van der Waals surface area contributed by atoms with Crippen molar-refractivity contribution >= 4 is 13.7 Å². The van der Waals surface area contributed by atoms with Crippen molar-refractivity contribution in [3.05, 3.63) is 24.3 Å². The summed E-state index contributed by atoms with van der Waals surface area (Å²) in [4.78, 5) is 23.2. The van der Waals surface area contributed by atoms with E-state index in [4.69, 9.17) is 9.05 Å². The Hall–Kier alpha value is -1.02. The first kappa shape index (κ1) is 57.0. The summed E-state index contributed by atoms with van der Waals surface area (Å²) in [5, 5.41) is 13.8. The molecule has 8 nitrogen and oxygen atoms in total. The lowest BCUT2D eigenvalue weighted by atomic mass is 10.0. The lowest BCUT2D eigenvalue weighted by Crippen LogP contribution is -2.45. The minimum Gasteiger partial charge on any atom is -0.387 e. The highest BCUT2D eigenvalue weighted by Crippen LogP contribution is 2.43. The lowest BCUT2D eigenvalue weighted by Gasteiger charge is -2.25. The van der Waals surface area contributed by atoms with Crippen LogP contribution in [0.25, 0.3) is 0 Å². The number of hydrogen-bond donors (Lipinski definition) is 3. The molecule has 3 unspecified atom stereocenters. The first-order valence-electron chi connectivity index (χ1n) is 24.7. The molecule has 344 valence electrons. The second-order valence-electron chi connectivity index (χ2n) is 18.2. The van der Waals surface area contributed by atoms with E-state index in [2.05, 4.69) is 31.3 Å². The van der Waals surface area contributed by atoms with Gasteiger partial charge in [0.25, 0.3) is 0 Å². The smallest absolute Gasteiger partial charge is 0.387 e. The fraction of sp³-hybridized carbons (Fsp3) is 0.898. The summed E-state index contributed by atoms with van der Waals surface area (Å²) in [6.45, 7) is 4.80. The van der Waals surface area contributed by atoms with Gasteiger partial charge >= 0.3 is 7.82 Å². The summed E-state index contributed by atoms with van der Waals surface area (Å²) in [6.07, 6.45) is 49.8. The maximum Gasteiger partial charge on any atom is 0.472 e. The molecule has 0 radical (unpaired) electrons. The quantitative estimate of drug-likeness (QED) is 0.0244. The van der Waals surface area contributed by atoms with Crippen LogP contribution in [0.15, 0.2) is 24.3 Å². The van der Waals surface area contributed by atoms with E-state index in [1.54, 1.807) is 6.08 Å². The highest BCUT2D eigenvalue weighted by atomic mass is 31.2. The number of nitrogens with zero attached hydrogens (tertiary/aromatic N) is 1. The maximum absolute atomic E-state index is 12.9. The van der Waals surface area contributed by atoms with Crippen molar-refractivity contribution in [2.75, 3.05) is 40.9 Å². The number of unbranched alkanes of at least 4 members (excludes halogenated alkanes) is 30. The number of phosphoric ester groups is 1. The van der Waals surface area contributed by atoms with Crippen molar-refractivity contribution in [1.82, 2.24) is 5.32 Å². The molecule has 0 aromatic heterocycles. The summed E-state index contributed by atoms with van der Waals surface area (Å²) in [7, 11) is 1.56. The molecule has 0 saturated heterocycles. The molecule has 3 atom stereocenters. The summed E-state index contributed by atoms with van der Waals surface area (Å²) >= 11 is 0. The van der Waals surface area contributed by atoms with Crippen LogP contribution in [0.4, 0.5) is 0 Å². The van der Waals surface area contributed by atoms with Gasteiger partial charge in [-0.05, 0) is 32.1 Å². The van der Waals surface area contributed by atoms with E-state index in [-0.39, 0.29) is 19.1 Å². The zero-order valence-electron chi connectivity index (χ0n) is 39.0. The van der Waals surface area contributed by atoms with Gasteiger partial charge in [0.05, 0.1) is 39.9 Å². The van der Waals surface area contributed by atoms with Crippen LogP contribution in [0.3, 0.4) is 0 Å². The van der Waals surface area contributed by atoms with E-state index in [1.165, 1.54) is 173 Å². The van der Waals surface area contributed by atoms with Crippen LogP contribution in [0.1, 0.15) is 232 Å². The third-order valence-electron chi connectivity index (χ3n) is 11.2. The molecule has 0 aliphatic carbocycles. The number of hydrogen-bond acceptors (Lipinski definition) is 5. The largest absolute Gasteiger partial charge is 0.472 e. The molecule has 0 aliphatic rings. The lowest BCUT2D eigenvalue weighted by molar-refractivity contribution is -0.870. The molecule has 0 saturated carbocycles. The predicted molar refractivity (Wildman–Crippen MR) is 249 cm³/mol. The highest BCUT2D eigenvalue weighted by Gasteiger charge is 2.27. The average Bonchev–Trinajstić information content (AvgIpc) is 3.17. The van der Waals surface area contributed by atoms with Gasteiger partial charge in [0.1, 0.15) is 13.2 Å². The van der Waals surface area contributed by atoms with Gasteiger partial charge in [0.2, 0.25) is 5.91 Å². The van der Waals surface area contributed by atoms with Crippen molar-refractivity contribution in [3.8, 4) is 0 Å². The Morgan fingerprint density at radius 1 is 0.569 bits per heavy atom. The maximum atomic E-state index is 12.9. The van der Waals surface area contributed by atoms with Gasteiger partial charge in [-0.15, -0.1) is 0 Å². The summed E-state index contributed by atoms with van der Waals surface area (Å²) in [5.74, 6) is -0.184. The first-order valence-corrected chi connectivity index (χ1v) is 26.2. The molecule has 0 rings (SSSR count). The molecule has 0 spiro atoms. The van der Waals surface area contributed by atoms with Crippen LogP contribution in [-0.2, 0) is 18.4 Å². The minimum absolute atomic E-state index is 0.0583. The van der Waals surface area contributed by atoms with Crippen molar-refractivity contribution in [2.24, 2.45) is 0 Å². The second kappa shape index (κ2) is 41.3. The van der Waals surface area contributed by atoms with Crippen LogP contribution < -0.4 is 5.32 Å². The third-order valence-corrected chi connectivity index (χ3v) is 12.2. The average molecular weight is 842 g/mol. The number of carbonyl (C=O) groups is 1. The Labute approximate surface area is 360 Å². The summed E-state index contributed by atoms with van der Waals surface area (Å²) < 4.78 is 23.6. The predicted octanol–water partition coefficient (Wildman–Crippen LogP) is 14.1. The van der Waals surface area contributed by atoms with Crippen LogP contribution in [0.2, 0.25) is 0 Å². The number of rotatable bonds is 45. The van der Waals surface area contributed by atoms with Gasteiger partial charge in [-0.3, -0.25) is 13.8 Å². The fourth-order valence-corrected chi connectivity index (χ4v) is 7.97. The molecule has 3 N–H and O–H groups in total. The van der Waals surface area contributed by atoms with E-state index in [9.17, 15) is 19.4 Å². The molecular formula is C49H98N2O6P+. The topological polar surface area (TPSA) is 105 Å². The van der Waals surface area contributed by atoms with Gasteiger partial charge in [0, 0.05) is 6.42 Å². The highest BCUT2D eigenvalue weighted by molar-refractivity contribution is 7.47. The van der Waals surface area contributed by atoms with E-state index >= 15 is 0 Å². The first-order chi connectivity index (χ1) is 28.0. The molecule has 0 aromatic rings. The molecule has 0 fully saturated rings. The number of phosphoric acid groups is 1. The Bertz CT molecular complexity index is 1000. The summed E-state index contributed by atoms with van der Waals surface area (Å²) in [6, 6.07) is -0.858. The van der Waals surface area contributed by atoms with E-state index in [0.717, 1.165) is 38.5 Å². The normalized spacial score (nSPS) is 14.4. The number of allylic oxidation sites excluding steroid dienone is 3. The van der Waals surface area contributed by atoms with Crippen LogP contribution in [0, 0.1) is 0 Å². The van der Waals surface area contributed by atoms with Crippen molar-refractivity contribution in [3.63, 3.8) is 0 Å². The van der Waals surface area contributed by atoms with Gasteiger partial charge in [0.15, 0.2) is 0 Å². The molecule has 0 bridgehead atoms. The standard InChI is InChI=1S/C49H97N2O6P/c1-6-8-10-12-14-16-18-20-21-22-23-24-25-26-27-28-29-31-33-35-37-39-41-43-49(53)50-47(46-57-58(54,55)56-45-44-51(3,4)5)48(52)42-40-38-36-34-32-30-19-17-15-13-11-9-7-2/h32,34,40,42,47-48,52H,6-31,33,35-39,41,43-46H2,1-5H3,(H-,50,53,54,55)/p+1/b34-32+,42-40+.